The van der Waals surface area contributed by atoms with Crippen LogP contribution in [0.5, 0.6) is 0 Å². The number of hydrogen-bond acceptors (Lipinski definition) is 3. The first-order valence-corrected chi connectivity index (χ1v) is 7.48. The number of rotatable bonds is 5. The Morgan fingerprint density at radius 3 is 2.79 bits per heavy atom. The number of carbonyl (C=O) groups is 1. The van der Waals surface area contributed by atoms with Gasteiger partial charge in [0.15, 0.2) is 0 Å². The lowest BCUT2D eigenvalue weighted by atomic mass is 10.2. The summed E-state index contributed by atoms with van der Waals surface area (Å²) in [5, 5.41) is 2.78. The number of likely N-dealkylation sites (N-methyl/N-ethyl adjacent to an activating group) is 1. The van der Waals surface area contributed by atoms with Gasteiger partial charge in [0.2, 0.25) is 5.91 Å². The van der Waals surface area contributed by atoms with Crippen LogP contribution in [0.15, 0.2) is 24.3 Å². The van der Waals surface area contributed by atoms with E-state index in [4.69, 9.17) is 0 Å². The predicted octanol–water partition coefficient (Wildman–Crippen LogP) is 2.40. The lowest BCUT2D eigenvalue weighted by Gasteiger charge is -2.24. The van der Waals surface area contributed by atoms with Gasteiger partial charge in [-0.1, -0.05) is 25.1 Å². The van der Waals surface area contributed by atoms with E-state index in [2.05, 4.69) is 5.32 Å². The fourth-order valence-electron chi connectivity index (χ4n) is 2.23. The molecule has 0 radical (unpaired) electrons. The summed E-state index contributed by atoms with van der Waals surface area (Å²) >= 11 is 1.55. The van der Waals surface area contributed by atoms with Crippen molar-refractivity contribution in [3.05, 3.63) is 35.6 Å². The molecule has 1 aliphatic rings. The second-order valence-electron chi connectivity index (χ2n) is 4.54. The van der Waals surface area contributed by atoms with E-state index >= 15 is 0 Å². The monoisotopic (exact) mass is 282 g/mol. The highest BCUT2D eigenvalue weighted by molar-refractivity contribution is 8.01. The smallest absolute Gasteiger partial charge is 0.236 e. The van der Waals surface area contributed by atoms with Gasteiger partial charge in [-0.05, 0) is 19.5 Å². The van der Waals surface area contributed by atoms with Gasteiger partial charge in [-0.3, -0.25) is 4.79 Å². The Kier molecular flexibility index (Phi) is 4.82. The van der Waals surface area contributed by atoms with Crippen molar-refractivity contribution < 1.29 is 9.18 Å². The molecule has 0 unspecified atom stereocenters. The molecule has 1 amide bonds. The van der Waals surface area contributed by atoms with Crippen LogP contribution in [0.25, 0.3) is 0 Å². The first-order valence-electron chi connectivity index (χ1n) is 6.54. The molecule has 1 aromatic rings. The number of nitrogens with zero attached hydrogens (tertiary/aromatic N) is 1. The molecule has 1 fully saturated rings. The highest BCUT2D eigenvalue weighted by atomic mass is 32.2. The number of halogens is 1. The van der Waals surface area contributed by atoms with Crippen molar-refractivity contribution in [2.24, 2.45) is 0 Å². The van der Waals surface area contributed by atoms with Crippen LogP contribution in [0.3, 0.4) is 0 Å². The molecule has 2 rings (SSSR count). The minimum Gasteiger partial charge on any atom is -0.324 e. The van der Waals surface area contributed by atoms with Gasteiger partial charge in [0.1, 0.15) is 11.2 Å². The largest absolute Gasteiger partial charge is 0.324 e. The van der Waals surface area contributed by atoms with Gasteiger partial charge in [0, 0.05) is 18.7 Å². The lowest BCUT2D eigenvalue weighted by Crippen LogP contribution is -2.36. The summed E-state index contributed by atoms with van der Waals surface area (Å²) in [6.07, 6.45) is 0.782. The zero-order chi connectivity index (χ0) is 13.8. The summed E-state index contributed by atoms with van der Waals surface area (Å²) in [5.74, 6) is -0.116. The third-order valence-corrected chi connectivity index (χ3v) is 4.91. The summed E-state index contributed by atoms with van der Waals surface area (Å²) in [4.78, 5) is 14.1. The highest BCUT2D eigenvalue weighted by Gasteiger charge is 2.40. The third kappa shape index (κ3) is 2.92. The van der Waals surface area contributed by atoms with Gasteiger partial charge in [0.25, 0.3) is 0 Å². The third-order valence-electron chi connectivity index (χ3n) is 3.28. The molecule has 0 saturated carbocycles. The average Bonchev–Trinajstić information content (AvgIpc) is 2.73. The minimum atomic E-state index is -0.237. The normalized spacial score (nSPS) is 23.1. The maximum absolute atomic E-state index is 13.9. The Hall–Kier alpha value is -1.07. The van der Waals surface area contributed by atoms with Crippen molar-refractivity contribution in [1.29, 1.82) is 0 Å². The van der Waals surface area contributed by atoms with Crippen molar-refractivity contribution >= 4 is 17.7 Å². The Morgan fingerprint density at radius 2 is 2.16 bits per heavy atom. The molecule has 1 aromatic carbocycles. The SMILES string of the molecule is CC[C@@H]1S[C@H](c2ccccc2F)N(CCNC)C1=O. The molecule has 0 aliphatic carbocycles. The van der Waals surface area contributed by atoms with E-state index in [0.717, 1.165) is 6.42 Å². The second-order valence-corrected chi connectivity index (χ2v) is 5.83. The van der Waals surface area contributed by atoms with E-state index in [1.165, 1.54) is 6.07 Å². The molecule has 0 spiro atoms. The molecular weight excluding hydrogens is 263 g/mol. The van der Waals surface area contributed by atoms with Crippen LogP contribution < -0.4 is 5.32 Å². The zero-order valence-corrected chi connectivity index (χ0v) is 12.0. The number of thioether (sulfide) groups is 1. The molecule has 2 atom stereocenters. The molecule has 1 aliphatic heterocycles. The number of carbonyl (C=O) groups excluding carboxylic acids is 1. The quantitative estimate of drug-likeness (QED) is 0.900. The predicted molar refractivity (Wildman–Crippen MR) is 76.5 cm³/mol. The topological polar surface area (TPSA) is 32.3 Å². The van der Waals surface area contributed by atoms with Crippen molar-refractivity contribution in [3.63, 3.8) is 0 Å². The molecule has 0 aromatic heterocycles. The van der Waals surface area contributed by atoms with E-state index in [0.29, 0.717) is 18.7 Å². The summed E-state index contributed by atoms with van der Waals surface area (Å²) in [7, 11) is 1.85. The molecule has 1 N–H and O–H groups in total. The molecule has 19 heavy (non-hydrogen) atoms. The van der Waals surface area contributed by atoms with Crippen LogP contribution >= 0.6 is 11.8 Å². The molecule has 0 bridgehead atoms. The number of amides is 1. The van der Waals surface area contributed by atoms with Gasteiger partial charge in [0.05, 0.1) is 5.25 Å². The van der Waals surface area contributed by atoms with Gasteiger partial charge < -0.3 is 10.2 Å². The van der Waals surface area contributed by atoms with Crippen LogP contribution in [-0.4, -0.2) is 36.2 Å². The first-order chi connectivity index (χ1) is 9.19. The number of nitrogens with one attached hydrogen (secondary N) is 1. The molecule has 5 heteroatoms. The summed E-state index contributed by atoms with van der Waals surface area (Å²) in [6.45, 7) is 3.32. The maximum Gasteiger partial charge on any atom is 0.236 e. The van der Waals surface area contributed by atoms with Crippen LogP contribution in [-0.2, 0) is 4.79 Å². The Bertz CT molecular complexity index is 455. The van der Waals surface area contributed by atoms with Gasteiger partial charge in [-0.25, -0.2) is 4.39 Å². The Balaban J connectivity index is 2.26. The molecule has 104 valence electrons. The van der Waals surface area contributed by atoms with Gasteiger partial charge >= 0.3 is 0 Å². The number of benzene rings is 1. The van der Waals surface area contributed by atoms with Gasteiger partial charge in [-0.2, -0.15) is 0 Å². The summed E-state index contributed by atoms with van der Waals surface area (Å²) in [6, 6.07) is 6.72. The fraction of sp³-hybridized carbons (Fsp3) is 0.500. The van der Waals surface area contributed by atoms with Crippen molar-refractivity contribution in [2.45, 2.75) is 24.0 Å². The van der Waals surface area contributed by atoms with Gasteiger partial charge in [-0.15, -0.1) is 11.8 Å². The van der Waals surface area contributed by atoms with Crippen molar-refractivity contribution in [1.82, 2.24) is 10.2 Å². The average molecular weight is 282 g/mol. The molecule has 1 saturated heterocycles. The first kappa shape index (κ1) is 14.3. The summed E-state index contributed by atoms with van der Waals surface area (Å²) in [5.41, 5.74) is 0.605. The van der Waals surface area contributed by atoms with Crippen molar-refractivity contribution in [2.75, 3.05) is 20.1 Å². The minimum absolute atomic E-state index is 0.0542. The van der Waals surface area contributed by atoms with E-state index in [9.17, 15) is 9.18 Å². The van der Waals surface area contributed by atoms with E-state index in [-0.39, 0.29) is 22.3 Å². The van der Waals surface area contributed by atoms with Crippen LogP contribution in [0.2, 0.25) is 0 Å². The molecular formula is C14H19FN2OS. The highest BCUT2D eigenvalue weighted by Crippen LogP contribution is 2.44. The maximum atomic E-state index is 13.9. The van der Waals surface area contributed by atoms with E-state index < -0.39 is 0 Å². The Morgan fingerprint density at radius 1 is 1.42 bits per heavy atom. The molecule has 3 nitrogen and oxygen atoms in total. The second kappa shape index (κ2) is 6.39. The van der Waals surface area contributed by atoms with Crippen LogP contribution in [0, 0.1) is 5.82 Å². The number of hydrogen-bond donors (Lipinski definition) is 1. The van der Waals surface area contributed by atoms with Crippen LogP contribution in [0.1, 0.15) is 24.3 Å². The Labute approximate surface area is 117 Å². The van der Waals surface area contributed by atoms with E-state index in [1.54, 1.807) is 28.8 Å². The van der Waals surface area contributed by atoms with E-state index in [1.807, 2.05) is 20.0 Å². The molecule has 1 heterocycles. The zero-order valence-electron chi connectivity index (χ0n) is 11.2. The van der Waals surface area contributed by atoms with Crippen LogP contribution in [0.4, 0.5) is 4.39 Å². The fourth-order valence-corrected chi connectivity index (χ4v) is 3.68. The lowest BCUT2D eigenvalue weighted by molar-refractivity contribution is -0.130. The summed E-state index contributed by atoms with van der Waals surface area (Å²) < 4.78 is 13.9. The van der Waals surface area contributed by atoms with Crippen molar-refractivity contribution in [3.8, 4) is 0 Å². The standard InChI is InChI=1S/C14H19FN2OS/c1-3-12-13(18)17(9-8-16-2)14(19-12)10-6-4-5-7-11(10)15/h4-7,12,14,16H,3,8-9H2,1-2H3/t12-,14+/m0/s1.